The van der Waals surface area contributed by atoms with Gasteiger partial charge in [0.05, 0.1) is 6.04 Å². The lowest BCUT2D eigenvalue weighted by Gasteiger charge is -2.20. The van der Waals surface area contributed by atoms with Crippen LogP contribution in [0.5, 0.6) is 0 Å². The predicted molar refractivity (Wildman–Crippen MR) is 223 cm³/mol. The first kappa shape index (κ1) is 47.8. The molecule has 1 aliphatic heterocycles. The van der Waals surface area contributed by atoms with Crippen LogP contribution in [0.2, 0.25) is 0 Å². The molecule has 0 atom stereocenters. The fourth-order valence-corrected chi connectivity index (χ4v) is 6.47. The van der Waals surface area contributed by atoms with Crippen molar-refractivity contribution in [3.63, 3.8) is 0 Å². The quantitative estimate of drug-likeness (QED) is 0.0390. The SMILES string of the molecule is CCCCC/C=C/C/C=C/CCCCCCCC(=O)OCC(COC(=O)CCCCCCC/C=C/C/C=C/CCCCC)NCCCN1CCCC1. The van der Waals surface area contributed by atoms with Gasteiger partial charge >= 0.3 is 11.9 Å². The van der Waals surface area contributed by atoms with Crippen LogP contribution in [0, 0.1) is 0 Å². The van der Waals surface area contributed by atoms with Crippen LogP contribution in [0.1, 0.15) is 187 Å². The normalized spacial score (nSPS) is 14.0. The molecule has 52 heavy (non-hydrogen) atoms. The van der Waals surface area contributed by atoms with Crippen LogP contribution in [-0.4, -0.2) is 62.3 Å². The minimum Gasteiger partial charge on any atom is -0.464 e. The maximum Gasteiger partial charge on any atom is 0.305 e. The van der Waals surface area contributed by atoms with Gasteiger partial charge in [0.25, 0.3) is 0 Å². The fraction of sp³-hybridized carbons (Fsp3) is 0.783. The second-order valence-electron chi connectivity index (χ2n) is 14.9. The van der Waals surface area contributed by atoms with Crippen molar-refractivity contribution in [2.75, 3.05) is 39.4 Å². The lowest BCUT2D eigenvalue weighted by Crippen LogP contribution is -2.40. The molecule has 1 aliphatic rings. The van der Waals surface area contributed by atoms with Gasteiger partial charge in [-0.05, 0) is 122 Å². The highest BCUT2D eigenvalue weighted by Gasteiger charge is 2.16. The molecule has 6 heteroatoms. The summed E-state index contributed by atoms with van der Waals surface area (Å²) in [5.41, 5.74) is 0. The van der Waals surface area contributed by atoms with E-state index in [4.69, 9.17) is 9.47 Å². The van der Waals surface area contributed by atoms with E-state index in [0.717, 1.165) is 83.7 Å². The summed E-state index contributed by atoms with van der Waals surface area (Å²) in [6, 6.07) is -0.166. The van der Waals surface area contributed by atoms with Crippen LogP contribution in [0.15, 0.2) is 48.6 Å². The average molecular weight is 727 g/mol. The molecule has 0 unspecified atom stereocenters. The first-order chi connectivity index (χ1) is 25.7. The molecule has 0 aromatic carbocycles. The lowest BCUT2D eigenvalue weighted by molar-refractivity contribution is -0.147. The highest BCUT2D eigenvalue weighted by Crippen LogP contribution is 2.11. The van der Waals surface area contributed by atoms with Crippen molar-refractivity contribution < 1.29 is 19.1 Å². The summed E-state index contributed by atoms with van der Waals surface area (Å²) in [5.74, 6) is -0.294. The zero-order valence-corrected chi connectivity index (χ0v) is 34.1. The molecule has 0 saturated carbocycles. The van der Waals surface area contributed by atoms with E-state index >= 15 is 0 Å². The Morgan fingerprint density at radius 2 is 0.942 bits per heavy atom. The number of rotatable bonds is 37. The van der Waals surface area contributed by atoms with E-state index in [1.165, 1.54) is 103 Å². The fourth-order valence-electron chi connectivity index (χ4n) is 6.47. The van der Waals surface area contributed by atoms with Gasteiger partial charge in [0.2, 0.25) is 0 Å². The molecule has 0 bridgehead atoms. The summed E-state index contributed by atoms with van der Waals surface area (Å²) in [6.07, 6.45) is 48.5. The zero-order chi connectivity index (χ0) is 37.4. The number of likely N-dealkylation sites (tertiary alicyclic amines) is 1. The molecule has 0 spiro atoms. The number of hydrogen-bond acceptors (Lipinski definition) is 6. The summed E-state index contributed by atoms with van der Waals surface area (Å²) in [7, 11) is 0. The van der Waals surface area contributed by atoms with Crippen LogP contribution in [0.3, 0.4) is 0 Å². The summed E-state index contributed by atoms with van der Waals surface area (Å²) >= 11 is 0. The van der Waals surface area contributed by atoms with Gasteiger partial charge in [0.1, 0.15) is 13.2 Å². The first-order valence-corrected chi connectivity index (χ1v) is 22.0. The van der Waals surface area contributed by atoms with Gasteiger partial charge in [0.15, 0.2) is 0 Å². The Morgan fingerprint density at radius 1 is 0.538 bits per heavy atom. The van der Waals surface area contributed by atoms with Crippen LogP contribution in [-0.2, 0) is 19.1 Å². The highest BCUT2D eigenvalue weighted by atomic mass is 16.5. The van der Waals surface area contributed by atoms with E-state index in [1.807, 2.05) is 0 Å². The zero-order valence-electron chi connectivity index (χ0n) is 34.1. The average Bonchev–Trinajstić information content (AvgIpc) is 3.68. The number of esters is 2. The predicted octanol–water partition coefficient (Wildman–Crippen LogP) is 12.1. The molecule has 300 valence electrons. The van der Waals surface area contributed by atoms with Gasteiger partial charge in [-0.15, -0.1) is 0 Å². The molecule has 0 aromatic heterocycles. The second-order valence-corrected chi connectivity index (χ2v) is 14.9. The van der Waals surface area contributed by atoms with Gasteiger partial charge in [-0.1, -0.05) is 127 Å². The van der Waals surface area contributed by atoms with Gasteiger partial charge in [-0.25, -0.2) is 0 Å². The van der Waals surface area contributed by atoms with Crippen molar-refractivity contribution >= 4 is 11.9 Å². The molecular weight excluding hydrogens is 645 g/mol. The third-order valence-corrected chi connectivity index (χ3v) is 9.84. The monoisotopic (exact) mass is 727 g/mol. The van der Waals surface area contributed by atoms with Crippen LogP contribution in [0.4, 0.5) is 0 Å². The Bertz CT molecular complexity index is 859. The standard InChI is InChI=1S/C46H82N2O4/c1-3-5-7-9-11-13-15-17-19-21-23-25-27-29-31-36-45(49)51-42-44(47-38-35-41-48-39-33-34-40-48)43-52-46(50)37-32-30-28-26-24-22-20-18-16-14-12-10-8-6-4-2/h11-14,17-20,44,47H,3-10,15-16,21-43H2,1-2H3/b13-11+,14-12+,19-17+,20-18+. The molecule has 1 heterocycles. The number of hydrogen-bond donors (Lipinski definition) is 1. The van der Waals surface area contributed by atoms with Crippen molar-refractivity contribution in [1.82, 2.24) is 10.2 Å². The molecule has 0 radical (unpaired) electrons. The van der Waals surface area contributed by atoms with Crippen molar-refractivity contribution in [2.24, 2.45) is 0 Å². The first-order valence-electron chi connectivity index (χ1n) is 22.0. The maximum absolute atomic E-state index is 12.5. The van der Waals surface area contributed by atoms with Gasteiger partial charge < -0.3 is 19.7 Å². The lowest BCUT2D eigenvalue weighted by atomic mass is 10.1. The minimum absolute atomic E-state index is 0.147. The molecular formula is C46H82N2O4. The molecule has 1 fully saturated rings. The van der Waals surface area contributed by atoms with Gasteiger partial charge in [-0.2, -0.15) is 0 Å². The van der Waals surface area contributed by atoms with Crippen LogP contribution in [0.25, 0.3) is 0 Å². The molecule has 0 aromatic rings. The summed E-state index contributed by atoms with van der Waals surface area (Å²) in [5, 5.41) is 3.50. The highest BCUT2D eigenvalue weighted by molar-refractivity contribution is 5.69. The Balaban J connectivity index is 2.16. The van der Waals surface area contributed by atoms with E-state index in [2.05, 4.69) is 72.7 Å². The summed E-state index contributed by atoms with van der Waals surface area (Å²) in [4.78, 5) is 27.5. The number of ether oxygens (including phenoxy) is 2. The molecule has 0 amide bonds. The second kappa shape index (κ2) is 38.5. The Morgan fingerprint density at radius 3 is 1.38 bits per heavy atom. The number of carbonyl (C=O) groups excluding carboxylic acids is 2. The molecule has 1 rings (SSSR count). The molecule has 6 nitrogen and oxygen atoms in total. The van der Waals surface area contributed by atoms with Crippen LogP contribution >= 0.6 is 0 Å². The Kier molecular flexibility index (Phi) is 35.5. The number of unbranched alkanes of at least 4 members (excludes halogenated alkanes) is 16. The topological polar surface area (TPSA) is 67.9 Å². The van der Waals surface area contributed by atoms with E-state index in [0.29, 0.717) is 12.8 Å². The third-order valence-electron chi connectivity index (χ3n) is 9.84. The van der Waals surface area contributed by atoms with Gasteiger partial charge in [0, 0.05) is 12.8 Å². The van der Waals surface area contributed by atoms with Gasteiger partial charge in [-0.3, -0.25) is 9.59 Å². The van der Waals surface area contributed by atoms with Crippen molar-refractivity contribution in [3.8, 4) is 0 Å². The minimum atomic E-state index is -0.166. The molecule has 0 aliphatic carbocycles. The van der Waals surface area contributed by atoms with Crippen molar-refractivity contribution in [2.45, 2.75) is 193 Å². The molecule has 1 saturated heterocycles. The Labute approximate surface area is 321 Å². The Hall–Kier alpha value is -2.18. The summed E-state index contributed by atoms with van der Waals surface area (Å²) in [6.45, 7) is 9.29. The smallest absolute Gasteiger partial charge is 0.305 e. The number of allylic oxidation sites excluding steroid dienone is 8. The largest absolute Gasteiger partial charge is 0.464 e. The number of nitrogens with zero attached hydrogens (tertiary/aromatic N) is 1. The van der Waals surface area contributed by atoms with Crippen molar-refractivity contribution in [3.05, 3.63) is 48.6 Å². The van der Waals surface area contributed by atoms with E-state index in [-0.39, 0.29) is 31.2 Å². The van der Waals surface area contributed by atoms with E-state index < -0.39 is 0 Å². The van der Waals surface area contributed by atoms with Crippen LogP contribution < -0.4 is 5.32 Å². The van der Waals surface area contributed by atoms with Crippen molar-refractivity contribution in [1.29, 1.82) is 0 Å². The maximum atomic E-state index is 12.5. The van der Waals surface area contributed by atoms with E-state index in [1.54, 1.807) is 0 Å². The summed E-state index contributed by atoms with van der Waals surface area (Å²) < 4.78 is 11.3. The number of nitrogens with one attached hydrogen (secondary N) is 1. The van der Waals surface area contributed by atoms with E-state index in [9.17, 15) is 9.59 Å². The molecule has 1 N–H and O–H groups in total. The third kappa shape index (κ3) is 33.6. The number of carbonyl (C=O) groups is 2.